The zero-order chi connectivity index (χ0) is 14.1. The van der Waals surface area contributed by atoms with E-state index in [1.54, 1.807) is 0 Å². The van der Waals surface area contributed by atoms with Gasteiger partial charge in [0.1, 0.15) is 0 Å². The number of nitrogens with one attached hydrogen (secondary N) is 1. The fraction of sp³-hybridized carbons (Fsp3) is 0.412. The first-order chi connectivity index (χ1) is 9.65. The minimum absolute atomic E-state index is 0.453. The van der Waals surface area contributed by atoms with E-state index in [9.17, 15) is 0 Å². The standard InChI is InChI=1S/C17H20BrNS/c1-11(2)17(16-4-3-9-20-16)19-15-8-5-12-10-13(18)6-7-14(12)15/h3-4,6-7,9-11,15,17,19H,5,8H2,1-2H3. The molecular weight excluding hydrogens is 330 g/mol. The number of thiophene rings is 1. The molecule has 0 fully saturated rings. The fourth-order valence-corrected chi connectivity index (χ4v) is 4.41. The van der Waals surface area contributed by atoms with Crippen molar-refractivity contribution in [1.82, 2.24) is 5.32 Å². The van der Waals surface area contributed by atoms with Crippen LogP contribution in [-0.4, -0.2) is 0 Å². The van der Waals surface area contributed by atoms with Crippen LogP contribution in [-0.2, 0) is 6.42 Å². The molecule has 1 heterocycles. The van der Waals surface area contributed by atoms with E-state index in [0.717, 1.165) is 0 Å². The smallest absolute Gasteiger partial charge is 0.0442 e. The third-order valence-corrected chi connectivity index (χ3v) is 5.53. The molecule has 1 N–H and O–H groups in total. The highest BCUT2D eigenvalue weighted by Gasteiger charge is 2.27. The van der Waals surface area contributed by atoms with Crippen molar-refractivity contribution in [1.29, 1.82) is 0 Å². The number of benzene rings is 1. The molecule has 1 nitrogen and oxygen atoms in total. The third-order valence-electron chi connectivity index (χ3n) is 4.08. The van der Waals surface area contributed by atoms with Crippen LogP contribution in [0.15, 0.2) is 40.2 Å². The van der Waals surface area contributed by atoms with Crippen LogP contribution in [0.2, 0.25) is 0 Å². The van der Waals surface area contributed by atoms with Crippen molar-refractivity contribution in [2.75, 3.05) is 0 Å². The van der Waals surface area contributed by atoms with E-state index in [4.69, 9.17) is 0 Å². The lowest BCUT2D eigenvalue weighted by Gasteiger charge is -2.26. The van der Waals surface area contributed by atoms with Gasteiger partial charge in [0.25, 0.3) is 0 Å². The predicted octanol–water partition coefficient (Wildman–Crippen LogP) is 5.48. The summed E-state index contributed by atoms with van der Waals surface area (Å²) in [6.07, 6.45) is 2.39. The van der Waals surface area contributed by atoms with Crippen molar-refractivity contribution in [2.45, 2.75) is 38.8 Å². The highest BCUT2D eigenvalue weighted by atomic mass is 79.9. The van der Waals surface area contributed by atoms with Gasteiger partial charge in [-0.2, -0.15) is 0 Å². The van der Waals surface area contributed by atoms with Gasteiger partial charge in [-0.3, -0.25) is 0 Å². The monoisotopic (exact) mass is 349 g/mol. The maximum Gasteiger partial charge on any atom is 0.0442 e. The topological polar surface area (TPSA) is 12.0 Å². The van der Waals surface area contributed by atoms with E-state index < -0.39 is 0 Å². The lowest BCUT2D eigenvalue weighted by atomic mass is 10.00. The largest absolute Gasteiger partial charge is 0.302 e. The SMILES string of the molecule is CC(C)C(NC1CCc2cc(Br)ccc21)c1cccs1. The van der Waals surface area contributed by atoms with Gasteiger partial charge in [0.05, 0.1) is 0 Å². The summed E-state index contributed by atoms with van der Waals surface area (Å²) >= 11 is 5.43. The van der Waals surface area contributed by atoms with Crippen LogP contribution in [0.1, 0.15) is 48.4 Å². The molecule has 3 rings (SSSR count). The Kier molecular flexibility index (Phi) is 4.29. The van der Waals surface area contributed by atoms with Crippen LogP contribution in [0.4, 0.5) is 0 Å². The molecule has 2 aromatic rings. The molecule has 0 spiro atoms. The molecule has 0 saturated heterocycles. The van der Waals surface area contributed by atoms with E-state index >= 15 is 0 Å². The van der Waals surface area contributed by atoms with Gasteiger partial charge in [-0.1, -0.05) is 41.9 Å². The summed E-state index contributed by atoms with van der Waals surface area (Å²) < 4.78 is 1.19. The summed E-state index contributed by atoms with van der Waals surface area (Å²) in [5.41, 5.74) is 2.97. The lowest BCUT2D eigenvalue weighted by Crippen LogP contribution is -2.28. The Morgan fingerprint density at radius 1 is 1.30 bits per heavy atom. The van der Waals surface area contributed by atoms with E-state index in [0.29, 0.717) is 18.0 Å². The molecule has 20 heavy (non-hydrogen) atoms. The highest BCUT2D eigenvalue weighted by molar-refractivity contribution is 9.10. The van der Waals surface area contributed by atoms with Crippen LogP contribution in [0, 0.1) is 5.92 Å². The average Bonchev–Trinajstić information content (AvgIpc) is 3.04. The van der Waals surface area contributed by atoms with Crippen molar-refractivity contribution in [3.63, 3.8) is 0 Å². The van der Waals surface area contributed by atoms with Gasteiger partial charge in [0, 0.05) is 21.4 Å². The fourth-order valence-electron chi connectivity index (χ4n) is 3.05. The van der Waals surface area contributed by atoms with Crippen LogP contribution >= 0.6 is 27.3 Å². The normalized spacial score (nSPS) is 19.3. The summed E-state index contributed by atoms with van der Waals surface area (Å²) in [4.78, 5) is 1.45. The molecule has 0 saturated carbocycles. The van der Waals surface area contributed by atoms with Crippen molar-refractivity contribution in [2.24, 2.45) is 5.92 Å². The van der Waals surface area contributed by atoms with Gasteiger partial charge in [-0.25, -0.2) is 0 Å². The zero-order valence-corrected chi connectivity index (χ0v) is 14.3. The van der Waals surface area contributed by atoms with Gasteiger partial charge in [-0.05, 0) is 53.5 Å². The second-order valence-corrected chi connectivity index (χ2v) is 7.73. The van der Waals surface area contributed by atoms with E-state index in [2.05, 4.69) is 70.8 Å². The minimum Gasteiger partial charge on any atom is -0.302 e. The molecule has 1 aliphatic carbocycles. The van der Waals surface area contributed by atoms with Crippen LogP contribution in [0.5, 0.6) is 0 Å². The Morgan fingerprint density at radius 3 is 2.85 bits per heavy atom. The third kappa shape index (κ3) is 2.85. The number of hydrogen-bond donors (Lipinski definition) is 1. The molecule has 1 aromatic carbocycles. The minimum atomic E-state index is 0.453. The molecular formula is C17H20BrNS. The number of rotatable bonds is 4. The summed E-state index contributed by atoms with van der Waals surface area (Å²) in [5, 5.41) is 6.06. The van der Waals surface area contributed by atoms with Gasteiger partial charge in [0.15, 0.2) is 0 Å². The number of halogens is 1. The first-order valence-corrected chi connectivity index (χ1v) is 8.90. The Balaban J connectivity index is 1.82. The molecule has 2 atom stereocenters. The number of fused-ring (bicyclic) bond motifs is 1. The quantitative estimate of drug-likeness (QED) is 0.769. The molecule has 2 unspecified atom stereocenters. The second kappa shape index (κ2) is 6.00. The van der Waals surface area contributed by atoms with E-state index in [1.165, 1.54) is 33.3 Å². The maximum atomic E-state index is 3.89. The molecule has 1 aliphatic rings. The molecule has 0 amide bonds. The lowest BCUT2D eigenvalue weighted by molar-refractivity contribution is 0.366. The Morgan fingerprint density at radius 2 is 2.15 bits per heavy atom. The molecule has 0 bridgehead atoms. The van der Waals surface area contributed by atoms with Crippen molar-refractivity contribution in [3.05, 3.63) is 56.2 Å². The summed E-state index contributed by atoms with van der Waals surface area (Å²) in [6, 6.07) is 12.1. The summed E-state index contributed by atoms with van der Waals surface area (Å²) in [6.45, 7) is 4.60. The maximum absolute atomic E-state index is 3.89. The van der Waals surface area contributed by atoms with Gasteiger partial charge in [-0.15, -0.1) is 11.3 Å². The van der Waals surface area contributed by atoms with Gasteiger partial charge in [0.2, 0.25) is 0 Å². The van der Waals surface area contributed by atoms with Crippen LogP contribution < -0.4 is 5.32 Å². The van der Waals surface area contributed by atoms with E-state index in [1.807, 2.05) is 11.3 Å². The molecule has 3 heteroatoms. The summed E-state index contributed by atoms with van der Waals surface area (Å²) in [5.74, 6) is 0.605. The molecule has 1 aromatic heterocycles. The van der Waals surface area contributed by atoms with Crippen molar-refractivity contribution in [3.8, 4) is 0 Å². The Labute approximate surface area is 133 Å². The Hall–Kier alpha value is -0.640. The van der Waals surface area contributed by atoms with Gasteiger partial charge < -0.3 is 5.32 Å². The predicted molar refractivity (Wildman–Crippen MR) is 90.2 cm³/mol. The zero-order valence-electron chi connectivity index (χ0n) is 11.9. The van der Waals surface area contributed by atoms with Crippen LogP contribution in [0.25, 0.3) is 0 Å². The van der Waals surface area contributed by atoms with Gasteiger partial charge >= 0.3 is 0 Å². The average molecular weight is 350 g/mol. The van der Waals surface area contributed by atoms with Crippen LogP contribution in [0.3, 0.4) is 0 Å². The molecule has 0 aliphatic heterocycles. The summed E-state index contributed by atoms with van der Waals surface area (Å²) in [7, 11) is 0. The van der Waals surface area contributed by atoms with Crippen molar-refractivity contribution >= 4 is 27.3 Å². The first-order valence-electron chi connectivity index (χ1n) is 7.23. The number of aryl methyl sites for hydroxylation is 1. The number of hydrogen-bond acceptors (Lipinski definition) is 2. The second-order valence-electron chi connectivity index (χ2n) is 5.84. The Bertz CT molecular complexity index is 577. The molecule has 0 radical (unpaired) electrons. The molecule has 106 valence electrons. The van der Waals surface area contributed by atoms with E-state index in [-0.39, 0.29) is 0 Å². The highest BCUT2D eigenvalue weighted by Crippen LogP contribution is 2.36. The first kappa shape index (κ1) is 14.3. The van der Waals surface area contributed by atoms with Crippen molar-refractivity contribution < 1.29 is 0 Å².